The molecule has 0 saturated heterocycles. The zero-order chi connectivity index (χ0) is 9.03. The van der Waals surface area contributed by atoms with Crippen LogP contribution >= 0.6 is 0 Å². The number of nitrogens with one attached hydrogen (secondary N) is 1. The standard InChI is InChI=1S/C11H21N/c1-4-9-12-10-7-5-6-8-11(10,2)3/h4,10,12H,1,5-9H2,2-3H3. The predicted octanol–water partition coefficient (Wildman–Crippen LogP) is 2.73. The summed E-state index contributed by atoms with van der Waals surface area (Å²) in [6.45, 7) is 9.42. The van der Waals surface area contributed by atoms with Gasteiger partial charge in [-0.3, -0.25) is 0 Å². The molecule has 1 N–H and O–H groups in total. The third-order valence-electron chi connectivity index (χ3n) is 3.02. The van der Waals surface area contributed by atoms with Crippen LogP contribution in [0.15, 0.2) is 12.7 Å². The molecule has 0 aliphatic heterocycles. The SMILES string of the molecule is C=CCNC1CCCCC1(C)C. The van der Waals surface area contributed by atoms with Gasteiger partial charge < -0.3 is 5.32 Å². The molecule has 1 aliphatic carbocycles. The fourth-order valence-corrected chi connectivity index (χ4v) is 2.10. The fourth-order valence-electron chi connectivity index (χ4n) is 2.10. The molecule has 0 aromatic carbocycles. The van der Waals surface area contributed by atoms with Crippen molar-refractivity contribution in [2.45, 2.75) is 45.6 Å². The Hall–Kier alpha value is -0.300. The van der Waals surface area contributed by atoms with Crippen LogP contribution in [-0.2, 0) is 0 Å². The number of hydrogen-bond acceptors (Lipinski definition) is 1. The summed E-state index contributed by atoms with van der Waals surface area (Å²) in [4.78, 5) is 0. The van der Waals surface area contributed by atoms with Crippen molar-refractivity contribution in [3.8, 4) is 0 Å². The quantitative estimate of drug-likeness (QED) is 0.637. The zero-order valence-corrected chi connectivity index (χ0v) is 8.40. The molecular weight excluding hydrogens is 146 g/mol. The molecule has 0 radical (unpaired) electrons. The van der Waals surface area contributed by atoms with Gasteiger partial charge in [-0.05, 0) is 18.3 Å². The molecule has 0 spiro atoms. The highest BCUT2D eigenvalue weighted by Crippen LogP contribution is 2.35. The average Bonchev–Trinajstić information content (AvgIpc) is 2.02. The summed E-state index contributed by atoms with van der Waals surface area (Å²) < 4.78 is 0. The largest absolute Gasteiger partial charge is 0.310 e. The van der Waals surface area contributed by atoms with Crippen LogP contribution in [0.5, 0.6) is 0 Å². The predicted molar refractivity (Wildman–Crippen MR) is 54.2 cm³/mol. The van der Waals surface area contributed by atoms with Gasteiger partial charge in [0.2, 0.25) is 0 Å². The highest BCUT2D eigenvalue weighted by atomic mass is 14.9. The molecule has 1 unspecified atom stereocenters. The van der Waals surface area contributed by atoms with Crippen molar-refractivity contribution in [2.24, 2.45) is 5.41 Å². The molecule has 1 aliphatic rings. The van der Waals surface area contributed by atoms with E-state index in [1.807, 2.05) is 6.08 Å². The van der Waals surface area contributed by atoms with E-state index in [1.165, 1.54) is 25.7 Å². The molecule has 1 rings (SSSR count). The maximum absolute atomic E-state index is 3.73. The summed E-state index contributed by atoms with van der Waals surface area (Å²) in [5.41, 5.74) is 0.487. The minimum atomic E-state index is 0.487. The Morgan fingerprint density at radius 2 is 2.25 bits per heavy atom. The molecule has 70 valence electrons. The van der Waals surface area contributed by atoms with Crippen molar-refractivity contribution in [2.75, 3.05) is 6.54 Å². The lowest BCUT2D eigenvalue weighted by Gasteiger charge is -2.39. The van der Waals surface area contributed by atoms with Crippen LogP contribution in [0.3, 0.4) is 0 Å². The average molecular weight is 167 g/mol. The van der Waals surface area contributed by atoms with Gasteiger partial charge in [-0.2, -0.15) is 0 Å². The molecule has 0 aromatic heterocycles. The number of hydrogen-bond donors (Lipinski definition) is 1. The molecule has 1 atom stereocenters. The van der Waals surface area contributed by atoms with E-state index < -0.39 is 0 Å². The van der Waals surface area contributed by atoms with Crippen LogP contribution in [0.1, 0.15) is 39.5 Å². The van der Waals surface area contributed by atoms with E-state index >= 15 is 0 Å². The van der Waals surface area contributed by atoms with Gasteiger partial charge in [-0.1, -0.05) is 32.8 Å². The monoisotopic (exact) mass is 167 g/mol. The van der Waals surface area contributed by atoms with E-state index in [-0.39, 0.29) is 0 Å². The van der Waals surface area contributed by atoms with Crippen LogP contribution < -0.4 is 5.32 Å². The van der Waals surface area contributed by atoms with Crippen molar-refractivity contribution >= 4 is 0 Å². The molecular formula is C11H21N. The Labute approximate surface area is 76.2 Å². The maximum atomic E-state index is 3.73. The maximum Gasteiger partial charge on any atom is 0.0135 e. The molecule has 1 fully saturated rings. The molecule has 0 heterocycles. The van der Waals surface area contributed by atoms with Crippen LogP contribution in [0.2, 0.25) is 0 Å². The zero-order valence-electron chi connectivity index (χ0n) is 8.40. The second kappa shape index (κ2) is 4.08. The first kappa shape index (κ1) is 9.79. The lowest BCUT2D eigenvalue weighted by atomic mass is 9.73. The Morgan fingerprint density at radius 1 is 1.50 bits per heavy atom. The van der Waals surface area contributed by atoms with Crippen molar-refractivity contribution < 1.29 is 0 Å². The normalized spacial score (nSPS) is 28.3. The second-order valence-electron chi connectivity index (χ2n) is 4.48. The summed E-state index contributed by atoms with van der Waals surface area (Å²) in [6.07, 6.45) is 7.44. The molecule has 0 amide bonds. The van der Waals surface area contributed by atoms with Gasteiger partial charge >= 0.3 is 0 Å². The molecule has 0 aromatic rings. The fraction of sp³-hybridized carbons (Fsp3) is 0.818. The molecule has 1 saturated carbocycles. The van der Waals surface area contributed by atoms with Gasteiger partial charge in [0.1, 0.15) is 0 Å². The number of rotatable bonds is 3. The highest BCUT2D eigenvalue weighted by Gasteiger charge is 2.31. The minimum Gasteiger partial charge on any atom is -0.310 e. The highest BCUT2D eigenvalue weighted by molar-refractivity contribution is 4.89. The van der Waals surface area contributed by atoms with Crippen molar-refractivity contribution in [1.29, 1.82) is 0 Å². The lowest BCUT2D eigenvalue weighted by molar-refractivity contribution is 0.172. The van der Waals surface area contributed by atoms with Crippen LogP contribution in [-0.4, -0.2) is 12.6 Å². The molecule has 1 nitrogen and oxygen atoms in total. The third kappa shape index (κ3) is 2.34. The summed E-state index contributed by atoms with van der Waals surface area (Å²) in [6, 6.07) is 0.698. The van der Waals surface area contributed by atoms with Crippen LogP contribution in [0.4, 0.5) is 0 Å². The Balaban J connectivity index is 2.42. The van der Waals surface area contributed by atoms with Crippen molar-refractivity contribution in [1.82, 2.24) is 5.32 Å². The van der Waals surface area contributed by atoms with E-state index in [1.54, 1.807) is 0 Å². The first-order valence-corrected chi connectivity index (χ1v) is 5.01. The van der Waals surface area contributed by atoms with Gasteiger partial charge in [0, 0.05) is 12.6 Å². The van der Waals surface area contributed by atoms with E-state index in [0.717, 1.165) is 6.54 Å². The third-order valence-corrected chi connectivity index (χ3v) is 3.02. The molecule has 1 heteroatoms. The summed E-state index contributed by atoms with van der Waals surface area (Å²) >= 11 is 0. The molecule has 0 bridgehead atoms. The van der Waals surface area contributed by atoms with E-state index in [9.17, 15) is 0 Å². The van der Waals surface area contributed by atoms with Gasteiger partial charge in [0.05, 0.1) is 0 Å². The van der Waals surface area contributed by atoms with E-state index in [2.05, 4.69) is 25.7 Å². The van der Waals surface area contributed by atoms with Gasteiger partial charge in [0.25, 0.3) is 0 Å². The van der Waals surface area contributed by atoms with E-state index in [0.29, 0.717) is 11.5 Å². The molecule has 12 heavy (non-hydrogen) atoms. The lowest BCUT2D eigenvalue weighted by Crippen LogP contribution is -2.44. The van der Waals surface area contributed by atoms with Gasteiger partial charge in [0.15, 0.2) is 0 Å². The van der Waals surface area contributed by atoms with Crippen LogP contribution in [0, 0.1) is 5.41 Å². The van der Waals surface area contributed by atoms with Crippen molar-refractivity contribution in [3.63, 3.8) is 0 Å². The summed E-state index contributed by atoms with van der Waals surface area (Å²) in [5, 5.41) is 3.54. The Bertz CT molecular complexity index is 149. The Kier molecular flexibility index (Phi) is 3.33. The smallest absolute Gasteiger partial charge is 0.0135 e. The van der Waals surface area contributed by atoms with Gasteiger partial charge in [-0.25, -0.2) is 0 Å². The van der Waals surface area contributed by atoms with Crippen LogP contribution in [0.25, 0.3) is 0 Å². The second-order valence-corrected chi connectivity index (χ2v) is 4.48. The first-order chi connectivity index (χ1) is 5.67. The van der Waals surface area contributed by atoms with Gasteiger partial charge in [-0.15, -0.1) is 6.58 Å². The topological polar surface area (TPSA) is 12.0 Å². The minimum absolute atomic E-state index is 0.487. The van der Waals surface area contributed by atoms with E-state index in [4.69, 9.17) is 0 Å². The first-order valence-electron chi connectivity index (χ1n) is 5.01. The summed E-state index contributed by atoms with van der Waals surface area (Å²) in [7, 11) is 0. The summed E-state index contributed by atoms with van der Waals surface area (Å²) in [5.74, 6) is 0. The Morgan fingerprint density at radius 3 is 2.83 bits per heavy atom. The van der Waals surface area contributed by atoms with Crippen molar-refractivity contribution in [3.05, 3.63) is 12.7 Å².